The molecule has 59 heavy (non-hydrogen) atoms. The van der Waals surface area contributed by atoms with Crippen molar-refractivity contribution in [1.82, 2.24) is 5.32 Å². The first kappa shape index (κ1) is 57.1. The van der Waals surface area contributed by atoms with Gasteiger partial charge in [-0.25, -0.2) is 0 Å². The number of allylic oxidation sites excluding steroid dienone is 6. The molecule has 0 bridgehead atoms. The highest BCUT2D eigenvalue weighted by Gasteiger charge is 2.20. The molecule has 0 aliphatic rings. The van der Waals surface area contributed by atoms with E-state index in [-0.39, 0.29) is 18.5 Å². The van der Waals surface area contributed by atoms with E-state index in [9.17, 15) is 19.8 Å². The van der Waals surface area contributed by atoms with Crippen molar-refractivity contribution >= 4 is 11.9 Å². The van der Waals surface area contributed by atoms with Crippen LogP contribution in [-0.4, -0.2) is 47.4 Å². The molecule has 0 saturated carbocycles. The van der Waals surface area contributed by atoms with Crippen molar-refractivity contribution in [2.75, 3.05) is 13.2 Å². The lowest BCUT2D eigenvalue weighted by Gasteiger charge is -2.22. The molecule has 0 spiro atoms. The van der Waals surface area contributed by atoms with Gasteiger partial charge in [0.15, 0.2) is 0 Å². The Labute approximate surface area is 366 Å². The molecule has 1 amide bonds. The van der Waals surface area contributed by atoms with Crippen LogP contribution in [0.5, 0.6) is 0 Å². The van der Waals surface area contributed by atoms with E-state index in [1.54, 1.807) is 0 Å². The van der Waals surface area contributed by atoms with Gasteiger partial charge in [-0.05, 0) is 89.9 Å². The van der Waals surface area contributed by atoms with Crippen molar-refractivity contribution in [2.45, 2.75) is 276 Å². The third kappa shape index (κ3) is 45.4. The van der Waals surface area contributed by atoms with Crippen LogP contribution >= 0.6 is 0 Å². The highest BCUT2D eigenvalue weighted by atomic mass is 16.5. The van der Waals surface area contributed by atoms with Gasteiger partial charge >= 0.3 is 5.97 Å². The largest absolute Gasteiger partial charge is 0.466 e. The second kappa shape index (κ2) is 48.7. The summed E-state index contributed by atoms with van der Waals surface area (Å²) in [4.78, 5) is 24.4. The SMILES string of the molecule is CCCCCCCC/C=C\CCCCCCCC(=O)OCCCCC/C=C\C/C=C\CCCCCCCCCC(=O)NC(CO)C(O)CCCCCCCCCCCC. The number of rotatable bonds is 47. The van der Waals surface area contributed by atoms with E-state index in [0.29, 0.717) is 25.9 Å². The lowest BCUT2D eigenvalue weighted by atomic mass is 10.0. The second-order valence-corrected chi connectivity index (χ2v) is 17.5. The molecule has 0 aliphatic heterocycles. The predicted molar refractivity (Wildman–Crippen MR) is 255 cm³/mol. The Bertz CT molecular complexity index is 962. The molecule has 0 fully saturated rings. The molecule has 2 unspecified atom stereocenters. The van der Waals surface area contributed by atoms with Crippen molar-refractivity contribution in [3.8, 4) is 0 Å². The summed E-state index contributed by atoms with van der Waals surface area (Å²) in [6.07, 6.45) is 58.3. The van der Waals surface area contributed by atoms with E-state index in [4.69, 9.17) is 4.74 Å². The lowest BCUT2D eigenvalue weighted by molar-refractivity contribution is -0.143. The molecule has 0 aromatic heterocycles. The van der Waals surface area contributed by atoms with Gasteiger partial charge in [-0.1, -0.05) is 198 Å². The third-order valence-electron chi connectivity index (χ3n) is 11.7. The number of aliphatic hydroxyl groups is 2. The Morgan fingerprint density at radius 3 is 1.31 bits per heavy atom. The number of unbranched alkanes of at least 4 members (excludes halogenated alkanes) is 30. The summed E-state index contributed by atoms with van der Waals surface area (Å²) in [6, 6.07) is -0.552. The van der Waals surface area contributed by atoms with Crippen molar-refractivity contribution in [3.05, 3.63) is 36.5 Å². The summed E-state index contributed by atoms with van der Waals surface area (Å²) in [7, 11) is 0. The van der Waals surface area contributed by atoms with Crippen LogP contribution in [0.15, 0.2) is 36.5 Å². The van der Waals surface area contributed by atoms with E-state index >= 15 is 0 Å². The first-order chi connectivity index (χ1) is 29.0. The van der Waals surface area contributed by atoms with E-state index in [1.165, 1.54) is 148 Å². The van der Waals surface area contributed by atoms with Gasteiger partial charge in [0.05, 0.1) is 25.4 Å². The van der Waals surface area contributed by atoms with Crippen LogP contribution in [0.25, 0.3) is 0 Å². The number of hydrogen-bond donors (Lipinski definition) is 3. The van der Waals surface area contributed by atoms with Gasteiger partial charge in [0.25, 0.3) is 0 Å². The Kier molecular flexibility index (Phi) is 47.2. The van der Waals surface area contributed by atoms with Crippen LogP contribution in [0.3, 0.4) is 0 Å². The molecular formula is C53H99NO5. The Morgan fingerprint density at radius 1 is 0.475 bits per heavy atom. The number of ether oxygens (including phenoxy) is 1. The predicted octanol–water partition coefficient (Wildman–Crippen LogP) is 15.3. The average molecular weight is 830 g/mol. The normalized spacial score (nSPS) is 12.9. The third-order valence-corrected chi connectivity index (χ3v) is 11.7. The Hall–Kier alpha value is -1.92. The van der Waals surface area contributed by atoms with Gasteiger partial charge in [-0.15, -0.1) is 0 Å². The zero-order valence-electron chi connectivity index (χ0n) is 39.2. The fourth-order valence-electron chi connectivity index (χ4n) is 7.66. The molecule has 2 atom stereocenters. The number of carbonyl (C=O) groups excluding carboxylic acids is 2. The fourth-order valence-corrected chi connectivity index (χ4v) is 7.66. The molecular weight excluding hydrogens is 731 g/mol. The fraction of sp³-hybridized carbons (Fsp3) is 0.849. The number of amides is 1. The second-order valence-electron chi connectivity index (χ2n) is 17.5. The van der Waals surface area contributed by atoms with E-state index < -0.39 is 12.1 Å². The summed E-state index contributed by atoms with van der Waals surface area (Å²) < 4.78 is 5.44. The minimum absolute atomic E-state index is 0.0241. The monoisotopic (exact) mass is 830 g/mol. The van der Waals surface area contributed by atoms with Crippen LogP contribution in [0, 0.1) is 0 Å². The van der Waals surface area contributed by atoms with Gasteiger partial charge in [-0.2, -0.15) is 0 Å². The van der Waals surface area contributed by atoms with Crippen LogP contribution < -0.4 is 5.32 Å². The summed E-state index contributed by atoms with van der Waals surface area (Å²) in [5, 5.41) is 23.1. The minimum Gasteiger partial charge on any atom is -0.466 e. The van der Waals surface area contributed by atoms with Gasteiger partial charge in [0, 0.05) is 12.8 Å². The highest BCUT2D eigenvalue weighted by molar-refractivity contribution is 5.76. The molecule has 0 rings (SSSR count). The number of esters is 1. The molecule has 0 saturated heterocycles. The summed E-state index contributed by atoms with van der Waals surface area (Å²) in [5.41, 5.74) is 0. The van der Waals surface area contributed by atoms with Crippen LogP contribution in [0.2, 0.25) is 0 Å². The number of carbonyl (C=O) groups is 2. The quantitative estimate of drug-likeness (QED) is 0.0323. The van der Waals surface area contributed by atoms with Gasteiger partial charge < -0.3 is 20.3 Å². The van der Waals surface area contributed by atoms with Gasteiger partial charge in [0.2, 0.25) is 5.91 Å². The zero-order valence-corrected chi connectivity index (χ0v) is 39.2. The molecule has 3 N–H and O–H groups in total. The van der Waals surface area contributed by atoms with Crippen molar-refractivity contribution in [3.63, 3.8) is 0 Å². The van der Waals surface area contributed by atoms with Crippen LogP contribution in [0.4, 0.5) is 0 Å². The maximum absolute atomic E-state index is 12.4. The smallest absolute Gasteiger partial charge is 0.305 e. The number of hydrogen-bond acceptors (Lipinski definition) is 5. The van der Waals surface area contributed by atoms with E-state index in [0.717, 1.165) is 83.5 Å². The van der Waals surface area contributed by atoms with Gasteiger partial charge in [0.1, 0.15) is 0 Å². The Balaban J connectivity index is 3.49. The first-order valence-electron chi connectivity index (χ1n) is 25.7. The van der Waals surface area contributed by atoms with Crippen LogP contribution in [0.1, 0.15) is 264 Å². The Morgan fingerprint density at radius 2 is 0.847 bits per heavy atom. The standard InChI is InChI=1S/C53H99NO5/c1-3-5-7-9-11-13-15-16-20-24-27-31-35-39-43-47-53(58)59-48-44-40-36-32-28-25-22-19-17-18-21-23-26-30-34-38-42-46-52(57)54-50(49-55)51(56)45-41-37-33-29-14-12-10-8-6-4-2/h16-17,19-20,25,28,50-51,55-56H,3-15,18,21-24,26-27,29-49H2,1-2H3,(H,54,57)/b19-17-,20-16-,28-25-. The number of nitrogens with one attached hydrogen (secondary N) is 1. The summed E-state index contributed by atoms with van der Waals surface area (Å²) >= 11 is 0. The molecule has 0 aromatic rings. The topological polar surface area (TPSA) is 95.9 Å². The van der Waals surface area contributed by atoms with E-state index in [1.807, 2.05) is 0 Å². The van der Waals surface area contributed by atoms with Crippen molar-refractivity contribution in [1.29, 1.82) is 0 Å². The molecule has 0 radical (unpaired) electrons. The summed E-state index contributed by atoms with van der Waals surface area (Å²) in [5.74, 6) is -0.0781. The molecule has 346 valence electrons. The molecule has 0 aromatic carbocycles. The van der Waals surface area contributed by atoms with Crippen LogP contribution in [-0.2, 0) is 14.3 Å². The van der Waals surface area contributed by atoms with Crippen molar-refractivity contribution < 1.29 is 24.5 Å². The lowest BCUT2D eigenvalue weighted by Crippen LogP contribution is -2.45. The maximum atomic E-state index is 12.4. The van der Waals surface area contributed by atoms with E-state index in [2.05, 4.69) is 55.6 Å². The zero-order chi connectivity index (χ0) is 43.0. The number of aliphatic hydroxyl groups excluding tert-OH is 2. The van der Waals surface area contributed by atoms with Gasteiger partial charge in [-0.3, -0.25) is 9.59 Å². The minimum atomic E-state index is -0.673. The average Bonchev–Trinajstić information content (AvgIpc) is 3.24. The summed E-state index contributed by atoms with van der Waals surface area (Å²) in [6.45, 7) is 4.87. The molecule has 6 nitrogen and oxygen atoms in total. The molecule has 0 heterocycles. The molecule has 6 heteroatoms. The van der Waals surface area contributed by atoms with Crippen molar-refractivity contribution in [2.24, 2.45) is 0 Å². The molecule has 0 aliphatic carbocycles. The maximum Gasteiger partial charge on any atom is 0.305 e. The first-order valence-corrected chi connectivity index (χ1v) is 25.7. The highest BCUT2D eigenvalue weighted by Crippen LogP contribution is 2.15.